The van der Waals surface area contributed by atoms with Crippen LogP contribution in [0.25, 0.3) is 0 Å². The number of fused-ring (bicyclic) bond motifs is 1. The van der Waals surface area contributed by atoms with Crippen molar-refractivity contribution in [3.63, 3.8) is 0 Å². The number of para-hydroxylation sites is 1. The average Bonchev–Trinajstić information content (AvgIpc) is 2.67. The summed E-state index contributed by atoms with van der Waals surface area (Å²) < 4.78 is 5.63. The van der Waals surface area contributed by atoms with Crippen LogP contribution in [0.2, 0.25) is 0 Å². The second-order valence-electron chi connectivity index (χ2n) is 6.38. The van der Waals surface area contributed by atoms with Crippen LogP contribution in [0.5, 0.6) is 0 Å². The fraction of sp³-hybridized carbons (Fsp3) is 0.318. The zero-order valence-electron chi connectivity index (χ0n) is 14.7. The van der Waals surface area contributed by atoms with Gasteiger partial charge in [0.05, 0.1) is 5.69 Å². The van der Waals surface area contributed by atoms with Crippen molar-refractivity contribution in [2.24, 2.45) is 0 Å². The van der Waals surface area contributed by atoms with Crippen LogP contribution in [-0.4, -0.2) is 12.1 Å². The van der Waals surface area contributed by atoms with Crippen molar-refractivity contribution in [1.29, 1.82) is 0 Å². The largest absolute Gasteiger partial charge is 0.444 e. The lowest BCUT2D eigenvalue weighted by Gasteiger charge is -2.36. The van der Waals surface area contributed by atoms with Crippen LogP contribution < -0.4 is 4.90 Å². The summed E-state index contributed by atoms with van der Waals surface area (Å²) in [5.41, 5.74) is 3.23. The standard InChI is InChI=1S/C22H25NO2/c1-2-3-5-13-20-16-15-19-12-8-9-14-21(19)23(20)22(24)25-17-18-10-6-4-7-11-18/h2-4,6-12,14,20H,5,13,15-17H2,1H3/t20-/m1/s1. The van der Waals surface area contributed by atoms with Gasteiger partial charge in [0, 0.05) is 6.04 Å². The molecular weight excluding hydrogens is 310 g/mol. The van der Waals surface area contributed by atoms with Gasteiger partial charge in [-0.15, -0.1) is 0 Å². The van der Waals surface area contributed by atoms with Crippen LogP contribution >= 0.6 is 0 Å². The van der Waals surface area contributed by atoms with Crippen LogP contribution in [0.15, 0.2) is 66.7 Å². The number of nitrogens with zero attached hydrogens (tertiary/aromatic N) is 1. The van der Waals surface area contributed by atoms with Gasteiger partial charge in [0.15, 0.2) is 0 Å². The predicted octanol–water partition coefficient (Wildman–Crippen LogP) is 5.50. The Labute approximate surface area is 149 Å². The highest BCUT2D eigenvalue weighted by atomic mass is 16.6. The third kappa shape index (κ3) is 4.30. The molecule has 25 heavy (non-hydrogen) atoms. The van der Waals surface area contributed by atoms with E-state index in [1.165, 1.54) is 5.56 Å². The minimum atomic E-state index is -0.249. The van der Waals surface area contributed by atoms with Gasteiger partial charge in [0.25, 0.3) is 0 Å². The van der Waals surface area contributed by atoms with Crippen LogP contribution in [0.4, 0.5) is 10.5 Å². The fourth-order valence-corrected chi connectivity index (χ4v) is 3.37. The van der Waals surface area contributed by atoms with Gasteiger partial charge in [-0.05, 0) is 49.8 Å². The number of rotatable bonds is 5. The van der Waals surface area contributed by atoms with Gasteiger partial charge in [-0.3, -0.25) is 4.90 Å². The number of carbonyl (C=O) groups is 1. The van der Waals surface area contributed by atoms with E-state index in [-0.39, 0.29) is 12.1 Å². The molecule has 0 N–H and O–H groups in total. The maximum atomic E-state index is 12.9. The van der Waals surface area contributed by atoms with E-state index < -0.39 is 0 Å². The summed E-state index contributed by atoms with van der Waals surface area (Å²) in [4.78, 5) is 14.7. The summed E-state index contributed by atoms with van der Waals surface area (Å²) in [5.74, 6) is 0. The second kappa shape index (κ2) is 8.52. The Hall–Kier alpha value is -2.55. The Kier molecular flexibility index (Phi) is 5.89. The lowest BCUT2D eigenvalue weighted by molar-refractivity contribution is 0.143. The molecule has 1 amide bonds. The Morgan fingerprint density at radius 3 is 2.72 bits per heavy atom. The number of anilines is 1. The quantitative estimate of drug-likeness (QED) is 0.675. The van der Waals surface area contributed by atoms with Crippen molar-refractivity contribution >= 4 is 11.8 Å². The van der Waals surface area contributed by atoms with Crippen molar-refractivity contribution in [3.05, 3.63) is 77.9 Å². The van der Waals surface area contributed by atoms with E-state index in [9.17, 15) is 4.79 Å². The number of hydrogen-bond acceptors (Lipinski definition) is 2. The molecule has 0 aromatic heterocycles. The number of allylic oxidation sites excluding steroid dienone is 2. The highest BCUT2D eigenvalue weighted by molar-refractivity contribution is 5.90. The van der Waals surface area contributed by atoms with Crippen molar-refractivity contribution in [2.75, 3.05) is 4.90 Å². The second-order valence-corrected chi connectivity index (χ2v) is 6.38. The number of carbonyl (C=O) groups excluding carboxylic acids is 1. The Morgan fingerprint density at radius 1 is 1.16 bits per heavy atom. The lowest BCUT2D eigenvalue weighted by Crippen LogP contribution is -2.44. The van der Waals surface area contributed by atoms with E-state index in [1.54, 1.807) is 0 Å². The van der Waals surface area contributed by atoms with Gasteiger partial charge >= 0.3 is 6.09 Å². The average molecular weight is 335 g/mol. The SMILES string of the molecule is CC=CCC[C@@H]1CCc2ccccc2N1C(=O)OCc1ccccc1. The first-order chi connectivity index (χ1) is 12.3. The molecule has 0 unspecified atom stereocenters. The monoisotopic (exact) mass is 335 g/mol. The first-order valence-corrected chi connectivity index (χ1v) is 8.98. The van der Waals surface area contributed by atoms with Gasteiger partial charge in [-0.1, -0.05) is 60.7 Å². The minimum Gasteiger partial charge on any atom is -0.444 e. The maximum absolute atomic E-state index is 12.9. The van der Waals surface area contributed by atoms with E-state index in [0.717, 1.165) is 36.9 Å². The van der Waals surface area contributed by atoms with Crippen LogP contribution in [0, 0.1) is 0 Å². The van der Waals surface area contributed by atoms with Crippen LogP contribution in [-0.2, 0) is 17.8 Å². The van der Waals surface area contributed by atoms with E-state index >= 15 is 0 Å². The van der Waals surface area contributed by atoms with Gasteiger partial charge in [0.2, 0.25) is 0 Å². The molecule has 0 fully saturated rings. The highest BCUT2D eigenvalue weighted by Gasteiger charge is 2.31. The zero-order chi connectivity index (χ0) is 17.5. The highest BCUT2D eigenvalue weighted by Crippen LogP contribution is 2.33. The molecule has 0 bridgehead atoms. The van der Waals surface area contributed by atoms with E-state index in [1.807, 2.05) is 60.4 Å². The number of benzene rings is 2. The molecule has 0 spiro atoms. The molecule has 3 rings (SSSR count). The first-order valence-electron chi connectivity index (χ1n) is 8.98. The summed E-state index contributed by atoms with van der Waals surface area (Å²) >= 11 is 0. The number of hydrogen-bond donors (Lipinski definition) is 0. The molecule has 0 radical (unpaired) electrons. The van der Waals surface area contributed by atoms with E-state index in [4.69, 9.17) is 4.74 Å². The zero-order valence-corrected chi connectivity index (χ0v) is 14.7. The van der Waals surface area contributed by atoms with Crippen molar-refractivity contribution in [3.8, 4) is 0 Å². The molecule has 1 atom stereocenters. The molecule has 0 saturated carbocycles. The Morgan fingerprint density at radius 2 is 1.92 bits per heavy atom. The lowest BCUT2D eigenvalue weighted by atomic mass is 9.93. The minimum absolute atomic E-state index is 0.189. The molecule has 0 aliphatic carbocycles. The summed E-state index contributed by atoms with van der Waals surface area (Å²) in [6, 6.07) is 18.2. The third-order valence-electron chi connectivity index (χ3n) is 4.67. The van der Waals surface area contributed by atoms with Gasteiger partial charge in [-0.25, -0.2) is 4.79 Å². The summed E-state index contributed by atoms with van der Waals surface area (Å²) in [7, 11) is 0. The predicted molar refractivity (Wildman–Crippen MR) is 102 cm³/mol. The van der Waals surface area contributed by atoms with Crippen LogP contribution in [0.3, 0.4) is 0 Å². The molecule has 1 heterocycles. The molecule has 3 heteroatoms. The first kappa shape index (κ1) is 17.3. The van der Waals surface area contributed by atoms with E-state index in [0.29, 0.717) is 6.61 Å². The van der Waals surface area contributed by atoms with Gasteiger partial charge < -0.3 is 4.74 Å². The van der Waals surface area contributed by atoms with E-state index in [2.05, 4.69) is 18.2 Å². The van der Waals surface area contributed by atoms with Crippen molar-refractivity contribution in [2.45, 2.75) is 45.3 Å². The normalized spacial score (nSPS) is 16.7. The number of ether oxygens (including phenoxy) is 1. The molecule has 1 aliphatic heterocycles. The fourth-order valence-electron chi connectivity index (χ4n) is 3.37. The van der Waals surface area contributed by atoms with Crippen molar-refractivity contribution in [1.82, 2.24) is 0 Å². The van der Waals surface area contributed by atoms with Gasteiger partial charge in [-0.2, -0.15) is 0 Å². The molecule has 3 nitrogen and oxygen atoms in total. The number of aryl methyl sites for hydroxylation is 1. The van der Waals surface area contributed by atoms with Gasteiger partial charge in [0.1, 0.15) is 6.61 Å². The van der Waals surface area contributed by atoms with Crippen LogP contribution in [0.1, 0.15) is 37.3 Å². The Bertz CT molecular complexity index is 724. The summed E-state index contributed by atoms with van der Waals surface area (Å²) in [5, 5.41) is 0. The molecule has 2 aromatic rings. The number of amides is 1. The Balaban J connectivity index is 1.76. The molecule has 0 saturated heterocycles. The van der Waals surface area contributed by atoms with Crippen molar-refractivity contribution < 1.29 is 9.53 Å². The molecular formula is C22H25NO2. The summed E-state index contributed by atoms with van der Waals surface area (Å²) in [6.45, 7) is 2.34. The third-order valence-corrected chi connectivity index (χ3v) is 4.67. The molecule has 2 aromatic carbocycles. The molecule has 130 valence electrons. The smallest absolute Gasteiger partial charge is 0.414 e. The molecule has 1 aliphatic rings. The topological polar surface area (TPSA) is 29.5 Å². The maximum Gasteiger partial charge on any atom is 0.414 e. The summed E-state index contributed by atoms with van der Waals surface area (Å²) in [6.07, 6.45) is 7.91.